The topological polar surface area (TPSA) is 88.7 Å². The molecule has 0 aliphatic rings. The van der Waals surface area contributed by atoms with Crippen molar-refractivity contribution in [3.8, 4) is 5.75 Å². The monoisotopic (exact) mass is 493 g/mol. The van der Waals surface area contributed by atoms with Gasteiger partial charge in [0.25, 0.3) is 11.8 Å². The Bertz CT molecular complexity index is 908. The minimum atomic E-state index is -0.399. The number of methoxy groups -OCH3 is 1. The van der Waals surface area contributed by atoms with Crippen molar-refractivity contribution < 1.29 is 19.1 Å². The predicted octanol–water partition coefficient (Wildman–Crippen LogP) is 3.74. The first-order chi connectivity index (χ1) is 14.4. The number of halogens is 1. The van der Waals surface area contributed by atoms with Crippen molar-refractivity contribution in [2.24, 2.45) is 0 Å². The summed E-state index contributed by atoms with van der Waals surface area (Å²) in [5, 5.41) is 8.50. The van der Waals surface area contributed by atoms with Crippen LogP contribution in [0.15, 0.2) is 46.9 Å². The summed E-state index contributed by atoms with van der Waals surface area (Å²) in [7, 11) is 1.62. The molecule has 0 unspecified atom stereocenters. The highest BCUT2D eigenvalue weighted by atomic mass is 79.9. The average molecular weight is 494 g/mol. The van der Waals surface area contributed by atoms with Crippen LogP contribution in [-0.4, -0.2) is 43.8 Å². The standard InChI is InChI=1S/C21H24BrN3O4S/c1-3-29-18-9-8-15(22)13-17(18)20(27)25-21(30)24-16-7-4-6-14(12-16)19(26)23-10-5-11-28-2/h4,6-9,12-13H,3,5,10-11H2,1-2H3,(H,23,26)(H2,24,25,27,30). The van der Waals surface area contributed by atoms with Crippen LogP contribution in [0.1, 0.15) is 34.1 Å². The van der Waals surface area contributed by atoms with Crippen molar-refractivity contribution in [1.82, 2.24) is 10.6 Å². The van der Waals surface area contributed by atoms with Gasteiger partial charge in [-0.15, -0.1) is 0 Å². The average Bonchev–Trinajstić information content (AvgIpc) is 2.72. The van der Waals surface area contributed by atoms with Crippen LogP contribution in [0, 0.1) is 0 Å². The normalized spacial score (nSPS) is 10.2. The van der Waals surface area contributed by atoms with E-state index in [9.17, 15) is 9.59 Å². The summed E-state index contributed by atoms with van der Waals surface area (Å²) in [5.74, 6) is -0.127. The minimum absolute atomic E-state index is 0.111. The lowest BCUT2D eigenvalue weighted by atomic mass is 10.2. The molecule has 0 aliphatic heterocycles. The fourth-order valence-corrected chi connectivity index (χ4v) is 3.12. The van der Waals surface area contributed by atoms with Crippen molar-refractivity contribution in [2.45, 2.75) is 13.3 Å². The molecule has 3 N–H and O–H groups in total. The molecule has 0 bridgehead atoms. The van der Waals surface area contributed by atoms with Gasteiger partial charge in [-0.3, -0.25) is 14.9 Å². The number of hydrogen-bond donors (Lipinski definition) is 3. The summed E-state index contributed by atoms with van der Waals surface area (Å²) in [6.07, 6.45) is 0.732. The molecule has 2 amide bonds. The number of rotatable bonds is 9. The van der Waals surface area contributed by atoms with E-state index in [0.29, 0.717) is 42.3 Å². The number of hydrogen-bond acceptors (Lipinski definition) is 5. The molecule has 0 aliphatic carbocycles. The molecule has 0 saturated heterocycles. The molecule has 2 aromatic rings. The fourth-order valence-electron chi connectivity index (χ4n) is 2.55. The second-order valence-electron chi connectivity index (χ2n) is 6.16. The van der Waals surface area contributed by atoms with E-state index >= 15 is 0 Å². The summed E-state index contributed by atoms with van der Waals surface area (Å²) in [4.78, 5) is 24.9. The summed E-state index contributed by atoms with van der Waals surface area (Å²) in [6.45, 7) is 3.38. The van der Waals surface area contributed by atoms with Crippen molar-refractivity contribution in [2.75, 3.05) is 32.2 Å². The Morgan fingerprint density at radius 1 is 1.13 bits per heavy atom. The number of thiocarbonyl (C=S) groups is 1. The van der Waals surface area contributed by atoms with Gasteiger partial charge in [-0.25, -0.2) is 0 Å². The van der Waals surface area contributed by atoms with Crippen LogP contribution in [0.4, 0.5) is 5.69 Å². The highest BCUT2D eigenvalue weighted by Gasteiger charge is 2.15. The lowest BCUT2D eigenvalue weighted by molar-refractivity contribution is 0.0946. The van der Waals surface area contributed by atoms with Crippen LogP contribution in [0.5, 0.6) is 5.75 Å². The molecule has 30 heavy (non-hydrogen) atoms. The lowest BCUT2D eigenvalue weighted by Crippen LogP contribution is -2.34. The molecule has 0 spiro atoms. The largest absolute Gasteiger partial charge is 0.493 e. The first kappa shape index (κ1) is 23.8. The third-order valence-electron chi connectivity index (χ3n) is 3.91. The minimum Gasteiger partial charge on any atom is -0.493 e. The Morgan fingerprint density at radius 3 is 2.67 bits per heavy atom. The van der Waals surface area contributed by atoms with E-state index in [2.05, 4.69) is 31.9 Å². The Balaban J connectivity index is 1.99. The number of carbonyl (C=O) groups excluding carboxylic acids is 2. The zero-order valence-corrected chi connectivity index (χ0v) is 19.2. The smallest absolute Gasteiger partial charge is 0.261 e. The molecule has 2 aromatic carbocycles. The zero-order chi connectivity index (χ0) is 21.9. The second kappa shape index (κ2) is 12.3. The highest BCUT2D eigenvalue weighted by Crippen LogP contribution is 2.23. The predicted molar refractivity (Wildman–Crippen MR) is 124 cm³/mol. The Kier molecular flexibility index (Phi) is 9.72. The summed E-state index contributed by atoms with van der Waals surface area (Å²) >= 11 is 8.61. The van der Waals surface area contributed by atoms with Crippen LogP contribution in [0.25, 0.3) is 0 Å². The van der Waals surface area contributed by atoms with E-state index in [4.69, 9.17) is 21.7 Å². The third-order valence-corrected chi connectivity index (χ3v) is 4.60. The first-order valence-electron chi connectivity index (χ1n) is 9.36. The quantitative estimate of drug-likeness (QED) is 0.364. The number of benzene rings is 2. The van der Waals surface area contributed by atoms with Gasteiger partial charge in [0.1, 0.15) is 5.75 Å². The van der Waals surface area contributed by atoms with Gasteiger partial charge in [-0.05, 0) is 62.0 Å². The fraction of sp³-hybridized carbons (Fsp3) is 0.286. The number of nitrogens with one attached hydrogen (secondary N) is 3. The summed E-state index contributed by atoms with van der Waals surface area (Å²) < 4.78 is 11.2. The maximum atomic E-state index is 12.6. The van der Waals surface area contributed by atoms with Gasteiger partial charge in [-0.1, -0.05) is 22.0 Å². The lowest BCUT2D eigenvalue weighted by Gasteiger charge is -2.13. The molecule has 9 heteroatoms. The molecule has 0 radical (unpaired) electrons. The van der Waals surface area contributed by atoms with Gasteiger partial charge in [0.2, 0.25) is 0 Å². The zero-order valence-electron chi connectivity index (χ0n) is 16.8. The molecular weight excluding hydrogens is 470 g/mol. The molecule has 0 atom stereocenters. The summed E-state index contributed by atoms with van der Waals surface area (Å²) in [5.41, 5.74) is 1.43. The van der Waals surface area contributed by atoms with E-state index in [0.717, 1.165) is 10.9 Å². The SMILES string of the molecule is CCOc1ccc(Br)cc1C(=O)NC(=S)Nc1cccc(C(=O)NCCCOC)c1. The van der Waals surface area contributed by atoms with Crippen LogP contribution >= 0.6 is 28.1 Å². The van der Waals surface area contributed by atoms with Gasteiger partial charge in [0, 0.05) is 36.0 Å². The molecule has 0 saturated carbocycles. The molecule has 7 nitrogen and oxygen atoms in total. The van der Waals surface area contributed by atoms with Crippen molar-refractivity contribution >= 4 is 50.8 Å². The van der Waals surface area contributed by atoms with E-state index in [1.54, 1.807) is 49.6 Å². The number of ether oxygens (including phenoxy) is 2. The van der Waals surface area contributed by atoms with Gasteiger partial charge >= 0.3 is 0 Å². The van der Waals surface area contributed by atoms with Gasteiger partial charge < -0.3 is 20.1 Å². The van der Waals surface area contributed by atoms with E-state index in [1.165, 1.54) is 0 Å². The molecule has 160 valence electrons. The Labute approximate surface area is 189 Å². The van der Waals surface area contributed by atoms with Crippen LogP contribution in [0.2, 0.25) is 0 Å². The van der Waals surface area contributed by atoms with Gasteiger partial charge in [0.05, 0.1) is 12.2 Å². The second-order valence-corrected chi connectivity index (χ2v) is 7.49. The van der Waals surface area contributed by atoms with Gasteiger partial charge in [-0.2, -0.15) is 0 Å². The maximum absolute atomic E-state index is 12.6. The molecule has 0 heterocycles. The van der Waals surface area contributed by atoms with Crippen molar-refractivity contribution in [1.29, 1.82) is 0 Å². The maximum Gasteiger partial charge on any atom is 0.261 e. The molecule has 2 rings (SSSR count). The number of carbonyl (C=O) groups is 2. The molecule has 0 aromatic heterocycles. The third kappa shape index (κ3) is 7.40. The Hall–Kier alpha value is -2.49. The summed E-state index contributed by atoms with van der Waals surface area (Å²) in [6, 6.07) is 12.0. The first-order valence-corrected chi connectivity index (χ1v) is 10.6. The molecule has 0 fully saturated rings. The number of amides is 2. The van der Waals surface area contributed by atoms with Crippen LogP contribution in [-0.2, 0) is 4.74 Å². The molecular formula is C21H24BrN3O4S. The van der Waals surface area contributed by atoms with Crippen LogP contribution in [0.3, 0.4) is 0 Å². The van der Waals surface area contributed by atoms with E-state index in [1.807, 2.05) is 6.92 Å². The van der Waals surface area contributed by atoms with Crippen molar-refractivity contribution in [3.63, 3.8) is 0 Å². The Morgan fingerprint density at radius 2 is 1.93 bits per heavy atom. The highest BCUT2D eigenvalue weighted by molar-refractivity contribution is 9.10. The van der Waals surface area contributed by atoms with Crippen molar-refractivity contribution in [3.05, 3.63) is 58.1 Å². The van der Waals surface area contributed by atoms with Gasteiger partial charge in [0.15, 0.2) is 5.11 Å². The van der Waals surface area contributed by atoms with E-state index < -0.39 is 5.91 Å². The van der Waals surface area contributed by atoms with E-state index in [-0.39, 0.29) is 11.0 Å². The van der Waals surface area contributed by atoms with Crippen LogP contribution < -0.4 is 20.7 Å². The number of anilines is 1.